The smallest absolute Gasteiger partial charge is 0.308 e. The van der Waals surface area contributed by atoms with Gasteiger partial charge in [-0.3, -0.25) is 4.79 Å². The fourth-order valence-electron chi connectivity index (χ4n) is 3.00. The number of aliphatic carboxylic acids is 1. The Balaban J connectivity index is 1.91. The van der Waals surface area contributed by atoms with Crippen molar-refractivity contribution in [3.63, 3.8) is 0 Å². The number of benzene rings is 1. The molecule has 1 fully saturated rings. The van der Waals surface area contributed by atoms with Gasteiger partial charge in [0.2, 0.25) is 0 Å². The number of carboxylic acid groups (broad SMARTS) is 1. The number of carbonyl (C=O) groups is 1. The molecule has 0 aliphatic carbocycles. The van der Waals surface area contributed by atoms with Crippen LogP contribution in [0.3, 0.4) is 0 Å². The van der Waals surface area contributed by atoms with Crippen LogP contribution in [-0.2, 0) is 4.79 Å². The average Bonchev–Trinajstić information content (AvgIpc) is 3.00. The first-order valence-corrected chi connectivity index (χ1v) is 7.28. The molecule has 3 rings (SSSR count). The van der Waals surface area contributed by atoms with Crippen LogP contribution in [-0.4, -0.2) is 29.1 Å². The van der Waals surface area contributed by atoms with E-state index >= 15 is 0 Å². The van der Waals surface area contributed by atoms with Gasteiger partial charge in [-0.25, -0.2) is 13.8 Å². The van der Waals surface area contributed by atoms with E-state index in [-0.39, 0.29) is 18.7 Å². The lowest BCUT2D eigenvalue weighted by Crippen LogP contribution is -2.23. The number of halogens is 2. The summed E-state index contributed by atoms with van der Waals surface area (Å²) in [5.41, 5.74) is 0.578. The molecule has 0 radical (unpaired) electrons. The first kappa shape index (κ1) is 15.9. The van der Waals surface area contributed by atoms with Gasteiger partial charge >= 0.3 is 5.97 Å². The van der Waals surface area contributed by atoms with Crippen LogP contribution in [0.2, 0.25) is 0 Å². The molecule has 7 heteroatoms. The Hall–Kier alpha value is -3.01. The molecule has 0 bridgehead atoms. The molecule has 2 aromatic rings. The fourth-order valence-corrected chi connectivity index (χ4v) is 3.00. The number of rotatable bonds is 3. The minimum absolute atomic E-state index is 0.162. The molecule has 122 valence electrons. The lowest BCUT2D eigenvalue weighted by atomic mass is 9.88. The quantitative estimate of drug-likeness (QED) is 0.936. The van der Waals surface area contributed by atoms with Crippen molar-refractivity contribution in [1.82, 2.24) is 4.98 Å². The number of hydrogen-bond acceptors (Lipinski definition) is 4. The van der Waals surface area contributed by atoms with Crippen molar-refractivity contribution in [3.8, 4) is 6.07 Å². The second-order valence-electron chi connectivity index (χ2n) is 5.64. The molecule has 0 unspecified atom stereocenters. The number of nitrogens with zero attached hydrogens (tertiary/aromatic N) is 3. The average molecular weight is 329 g/mol. The van der Waals surface area contributed by atoms with Crippen LogP contribution in [0, 0.1) is 28.9 Å². The zero-order valence-electron chi connectivity index (χ0n) is 12.5. The first-order chi connectivity index (χ1) is 11.5. The summed E-state index contributed by atoms with van der Waals surface area (Å²) in [4.78, 5) is 17.4. The van der Waals surface area contributed by atoms with Crippen LogP contribution in [0.1, 0.15) is 17.0 Å². The van der Waals surface area contributed by atoms with Gasteiger partial charge in [0.25, 0.3) is 0 Å². The molecule has 0 spiro atoms. The highest BCUT2D eigenvalue weighted by Crippen LogP contribution is 2.36. The van der Waals surface area contributed by atoms with Gasteiger partial charge in [-0.15, -0.1) is 0 Å². The van der Waals surface area contributed by atoms with Crippen molar-refractivity contribution in [2.45, 2.75) is 5.92 Å². The highest BCUT2D eigenvalue weighted by molar-refractivity contribution is 5.74. The second-order valence-corrected chi connectivity index (χ2v) is 5.64. The molecule has 1 aromatic heterocycles. The van der Waals surface area contributed by atoms with E-state index in [0.717, 1.165) is 12.1 Å². The van der Waals surface area contributed by atoms with Crippen LogP contribution in [0.5, 0.6) is 0 Å². The number of aromatic nitrogens is 1. The Bertz CT molecular complexity index is 818. The Morgan fingerprint density at radius 2 is 2.08 bits per heavy atom. The summed E-state index contributed by atoms with van der Waals surface area (Å²) in [5.74, 6) is -3.42. The lowest BCUT2D eigenvalue weighted by molar-refractivity contribution is -0.141. The summed E-state index contributed by atoms with van der Waals surface area (Å²) in [7, 11) is 0. The Morgan fingerprint density at radius 3 is 2.67 bits per heavy atom. The monoisotopic (exact) mass is 329 g/mol. The number of pyridine rings is 1. The molecule has 0 amide bonds. The van der Waals surface area contributed by atoms with Crippen molar-refractivity contribution < 1.29 is 18.7 Å². The first-order valence-electron chi connectivity index (χ1n) is 7.28. The van der Waals surface area contributed by atoms with E-state index < -0.39 is 29.4 Å². The number of hydrogen-bond donors (Lipinski definition) is 1. The van der Waals surface area contributed by atoms with E-state index in [1.807, 2.05) is 6.07 Å². The van der Waals surface area contributed by atoms with Gasteiger partial charge in [-0.05, 0) is 23.8 Å². The molecular formula is C17H13F2N3O2. The van der Waals surface area contributed by atoms with Crippen LogP contribution in [0.15, 0.2) is 36.5 Å². The summed E-state index contributed by atoms with van der Waals surface area (Å²) < 4.78 is 27.2. The Kier molecular flexibility index (Phi) is 4.13. The lowest BCUT2D eigenvalue weighted by Gasteiger charge is -2.17. The third kappa shape index (κ3) is 2.91. The number of nitriles is 1. The van der Waals surface area contributed by atoms with Crippen molar-refractivity contribution in [2.75, 3.05) is 18.0 Å². The van der Waals surface area contributed by atoms with Crippen LogP contribution >= 0.6 is 0 Å². The number of carboxylic acids is 1. The Morgan fingerprint density at radius 1 is 1.29 bits per heavy atom. The van der Waals surface area contributed by atoms with Crippen molar-refractivity contribution in [2.24, 2.45) is 5.92 Å². The molecule has 2 heterocycles. The van der Waals surface area contributed by atoms with Crippen molar-refractivity contribution in [3.05, 3.63) is 59.3 Å². The summed E-state index contributed by atoms with van der Waals surface area (Å²) in [6, 6.07) is 8.35. The van der Waals surface area contributed by atoms with E-state index in [0.29, 0.717) is 11.4 Å². The molecular weight excluding hydrogens is 316 g/mol. The van der Waals surface area contributed by atoms with Gasteiger partial charge in [0, 0.05) is 31.3 Å². The standard InChI is InChI=1S/C17H13F2N3O2/c18-11-2-3-12(15(19)5-11)13-8-22(9-14(13)17(23)24)16-4-1-10(6-20)7-21-16/h1-5,7,13-14H,8-9H2,(H,23,24)/t13-,14+/m0/s1. The van der Waals surface area contributed by atoms with Gasteiger partial charge in [-0.1, -0.05) is 6.07 Å². The van der Waals surface area contributed by atoms with E-state index in [2.05, 4.69) is 4.98 Å². The van der Waals surface area contributed by atoms with E-state index in [4.69, 9.17) is 5.26 Å². The van der Waals surface area contributed by atoms with Crippen molar-refractivity contribution in [1.29, 1.82) is 5.26 Å². The van der Waals surface area contributed by atoms with Crippen LogP contribution < -0.4 is 4.90 Å². The highest BCUT2D eigenvalue weighted by Gasteiger charge is 2.40. The fraction of sp³-hybridized carbons (Fsp3) is 0.235. The minimum atomic E-state index is -1.04. The maximum Gasteiger partial charge on any atom is 0.308 e. The second kappa shape index (κ2) is 6.24. The third-order valence-electron chi connectivity index (χ3n) is 4.20. The molecule has 1 aliphatic heterocycles. The van der Waals surface area contributed by atoms with Gasteiger partial charge in [-0.2, -0.15) is 5.26 Å². The van der Waals surface area contributed by atoms with Gasteiger partial charge < -0.3 is 10.0 Å². The number of anilines is 1. The van der Waals surface area contributed by atoms with Crippen molar-refractivity contribution >= 4 is 11.8 Å². The molecule has 5 nitrogen and oxygen atoms in total. The predicted molar refractivity (Wildman–Crippen MR) is 81.4 cm³/mol. The molecule has 0 saturated carbocycles. The molecule has 1 aromatic carbocycles. The zero-order valence-corrected chi connectivity index (χ0v) is 12.5. The zero-order chi connectivity index (χ0) is 17.3. The molecule has 2 atom stereocenters. The van der Waals surface area contributed by atoms with E-state index in [1.165, 1.54) is 12.3 Å². The maximum absolute atomic E-state index is 14.1. The summed E-state index contributed by atoms with van der Waals surface area (Å²) >= 11 is 0. The van der Waals surface area contributed by atoms with E-state index in [1.54, 1.807) is 17.0 Å². The molecule has 1 N–H and O–H groups in total. The highest BCUT2D eigenvalue weighted by atomic mass is 19.1. The van der Waals surface area contributed by atoms with Gasteiger partial charge in [0.1, 0.15) is 23.5 Å². The van der Waals surface area contributed by atoms with Crippen LogP contribution in [0.25, 0.3) is 0 Å². The summed E-state index contributed by atoms with van der Waals surface area (Å²) in [5, 5.41) is 18.2. The molecule has 1 aliphatic rings. The summed E-state index contributed by atoms with van der Waals surface area (Å²) in [6.45, 7) is 0.411. The summed E-state index contributed by atoms with van der Waals surface area (Å²) in [6.07, 6.45) is 1.40. The Labute approximate surface area is 136 Å². The maximum atomic E-state index is 14.1. The van der Waals surface area contributed by atoms with Gasteiger partial charge in [0.05, 0.1) is 11.5 Å². The molecule has 1 saturated heterocycles. The minimum Gasteiger partial charge on any atom is -0.481 e. The predicted octanol–water partition coefficient (Wildman–Crippen LogP) is 2.54. The largest absolute Gasteiger partial charge is 0.481 e. The van der Waals surface area contributed by atoms with Gasteiger partial charge in [0.15, 0.2) is 0 Å². The van der Waals surface area contributed by atoms with Crippen LogP contribution in [0.4, 0.5) is 14.6 Å². The normalized spacial score (nSPS) is 20.0. The molecule has 24 heavy (non-hydrogen) atoms. The van der Waals surface area contributed by atoms with E-state index in [9.17, 15) is 18.7 Å². The topological polar surface area (TPSA) is 77.2 Å². The third-order valence-corrected chi connectivity index (χ3v) is 4.20. The SMILES string of the molecule is N#Cc1ccc(N2C[C@@H](C(=O)O)[C@H](c3ccc(F)cc3F)C2)nc1.